The lowest BCUT2D eigenvalue weighted by Gasteiger charge is -2.27. The molecule has 1 atom stereocenters. The predicted molar refractivity (Wildman–Crippen MR) is 76.0 cm³/mol. The molecule has 2 heteroatoms. The Labute approximate surface area is 111 Å². The van der Waals surface area contributed by atoms with Crippen molar-refractivity contribution >= 4 is 0 Å². The molecule has 1 aliphatic rings. The zero-order valence-electron chi connectivity index (χ0n) is 11.8. The highest BCUT2D eigenvalue weighted by Gasteiger charge is 2.21. The minimum absolute atomic E-state index is 0.0635. The van der Waals surface area contributed by atoms with Crippen LogP contribution in [0.25, 0.3) is 0 Å². The summed E-state index contributed by atoms with van der Waals surface area (Å²) in [6.45, 7) is 7.03. The number of aryl methyl sites for hydroxylation is 2. The highest BCUT2D eigenvalue weighted by Crippen LogP contribution is 2.26. The molecule has 0 aliphatic heterocycles. The second-order valence-corrected chi connectivity index (χ2v) is 6.42. The van der Waals surface area contributed by atoms with Gasteiger partial charge in [0.2, 0.25) is 0 Å². The lowest BCUT2D eigenvalue weighted by Crippen LogP contribution is -2.40. The Balaban J connectivity index is 1.98. The summed E-state index contributed by atoms with van der Waals surface area (Å²) >= 11 is 0. The second-order valence-electron chi connectivity index (χ2n) is 6.42. The topological polar surface area (TPSA) is 35.2 Å². The van der Waals surface area contributed by atoms with Gasteiger partial charge >= 0.3 is 0 Å². The Morgan fingerprint density at radius 3 is 2.50 bits per heavy atom. The normalized spacial score (nSPS) is 17.1. The van der Waals surface area contributed by atoms with Crippen molar-refractivity contribution in [3.05, 3.63) is 29.3 Å². The van der Waals surface area contributed by atoms with E-state index in [9.17, 15) is 0 Å². The fourth-order valence-electron chi connectivity index (χ4n) is 2.24. The number of benzene rings is 1. The summed E-state index contributed by atoms with van der Waals surface area (Å²) in [5.74, 6) is 0.968. The molecule has 1 aliphatic carbocycles. The van der Waals surface area contributed by atoms with Crippen molar-refractivity contribution in [2.45, 2.75) is 52.5 Å². The lowest BCUT2D eigenvalue weighted by atomic mass is 9.88. The van der Waals surface area contributed by atoms with Crippen LogP contribution >= 0.6 is 0 Å². The number of rotatable bonds is 3. The summed E-state index contributed by atoms with van der Waals surface area (Å²) in [4.78, 5) is 0. The highest BCUT2D eigenvalue weighted by molar-refractivity contribution is 5.37. The van der Waals surface area contributed by atoms with Gasteiger partial charge in [-0.2, -0.15) is 0 Å². The Bertz CT molecular complexity index is 406. The van der Waals surface area contributed by atoms with Gasteiger partial charge in [-0.3, -0.25) is 0 Å². The summed E-state index contributed by atoms with van der Waals surface area (Å²) in [5.41, 5.74) is 9.16. The SMILES string of the molecule is CC(C)(C)C(N)COc1ccc2c(c1)CCCC2. The maximum Gasteiger partial charge on any atom is 0.119 e. The first kappa shape index (κ1) is 13.4. The summed E-state index contributed by atoms with van der Waals surface area (Å²) < 4.78 is 5.84. The Kier molecular flexibility index (Phi) is 3.96. The molecule has 0 amide bonds. The maximum atomic E-state index is 6.11. The summed E-state index contributed by atoms with van der Waals surface area (Å²) in [5, 5.41) is 0. The first-order chi connectivity index (χ1) is 8.47. The smallest absolute Gasteiger partial charge is 0.119 e. The molecule has 2 nitrogen and oxygen atoms in total. The van der Waals surface area contributed by atoms with Gasteiger partial charge in [-0.05, 0) is 54.4 Å². The van der Waals surface area contributed by atoms with Crippen molar-refractivity contribution in [1.82, 2.24) is 0 Å². The van der Waals surface area contributed by atoms with Gasteiger partial charge in [0.05, 0.1) is 0 Å². The molecule has 1 aromatic carbocycles. The average Bonchev–Trinajstić information content (AvgIpc) is 2.34. The summed E-state index contributed by atoms with van der Waals surface area (Å²) in [7, 11) is 0. The molecule has 0 saturated heterocycles. The minimum atomic E-state index is 0.0635. The molecule has 1 aromatic rings. The summed E-state index contributed by atoms with van der Waals surface area (Å²) in [6, 6.07) is 6.56. The third-order valence-corrected chi connectivity index (χ3v) is 3.86. The molecule has 0 radical (unpaired) electrons. The van der Waals surface area contributed by atoms with Crippen LogP contribution < -0.4 is 10.5 Å². The number of hydrogen-bond acceptors (Lipinski definition) is 2. The predicted octanol–water partition coefficient (Wildman–Crippen LogP) is 3.32. The quantitative estimate of drug-likeness (QED) is 0.889. The van der Waals surface area contributed by atoms with E-state index in [1.165, 1.54) is 36.8 Å². The maximum absolute atomic E-state index is 6.11. The van der Waals surface area contributed by atoms with E-state index in [4.69, 9.17) is 10.5 Å². The van der Waals surface area contributed by atoms with Gasteiger partial charge in [-0.1, -0.05) is 26.8 Å². The van der Waals surface area contributed by atoms with Gasteiger partial charge in [0.25, 0.3) is 0 Å². The molecule has 2 rings (SSSR count). The third-order valence-electron chi connectivity index (χ3n) is 3.86. The van der Waals surface area contributed by atoms with E-state index in [1.54, 1.807) is 0 Å². The van der Waals surface area contributed by atoms with E-state index < -0.39 is 0 Å². The molecular formula is C16H25NO. The Hall–Kier alpha value is -1.02. The summed E-state index contributed by atoms with van der Waals surface area (Å²) in [6.07, 6.45) is 5.04. The molecule has 0 aromatic heterocycles. The largest absolute Gasteiger partial charge is 0.492 e. The molecule has 0 heterocycles. The van der Waals surface area contributed by atoms with E-state index >= 15 is 0 Å². The van der Waals surface area contributed by atoms with Crippen LogP contribution in [0.4, 0.5) is 0 Å². The zero-order valence-corrected chi connectivity index (χ0v) is 11.8. The second kappa shape index (κ2) is 5.31. The highest BCUT2D eigenvalue weighted by atomic mass is 16.5. The standard InChI is InChI=1S/C16H25NO/c1-16(2,3)15(17)11-18-14-9-8-12-6-4-5-7-13(12)10-14/h8-10,15H,4-7,11,17H2,1-3H3. The van der Waals surface area contributed by atoms with Crippen LogP contribution in [0.15, 0.2) is 18.2 Å². The van der Waals surface area contributed by atoms with Gasteiger partial charge in [0, 0.05) is 6.04 Å². The van der Waals surface area contributed by atoms with Crippen molar-refractivity contribution < 1.29 is 4.74 Å². The van der Waals surface area contributed by atoms with Crippen LogP contribution in [0.5, 0.6) is 5.75 Å². The van der Waals surface area contributed by atoms with Gasteiger partial charge in [-0.15, -0.1) is 0 Å². The van der Waals surface area contributed by atoms with Crippen LogP contribution in [0, 0.1) is 5.41 Å². The molecule has 1 unspecified atom stereocenters. The number of nitrogens with two attached hydrogens (primary N) is 1. The first-order valence-electron chi connectivity index (χ1n) is 6.97. The number of ether oxygens (including phenoxy) is 1. The number of hydrogen-bond donors (Lipinski definition) is 1. The molecule has 0 fully saturated rings. The van der Waals surface area contributed by atoms with Crippen molar-refractivity contribution in [2.24, 2.45) is 11.1 Å². The van der Waals surface area contributed by atoms with E-state index in [-0.39, 0.29) is 11.5 Å². The third kappa shape index (κ3) is 3.26. The van der Waals surface area contributed by atoms with Crippen molar-refractivity contribution in [2.75, 3.05) is 6.61 Å². The average molecular weight is 247 g/mol. The van der Waals surface area contributed by atoms with Crippen LogP contribution in [-0.4, -0.2) is 12.6 Å². The van der Waals surface area contributed by atoms with Crippen LogP contribution in [-0.2, 0) is 12.8 Å². The van der Waals surface area contributed by atoms with Gasteiger partial charge < -0.3 is 10.5 Å². The van der Waals surface area contributed by atoms with E-state index in [1.807, 2.05) is 0 Å². The molecule has 18 heavy (non-hydrogen) atoms. The minimum Gasteiger partial charge on any atom is -0.492 e. The van der Waals surface area contributed by atoms with Gasteiger partial charge in [0.1, 0.15) is 12.4 Å². The molecule has 0 spiro atoms. The first-order valence-corrected chi connectivity index (χ1v) is 6.97. The van der Waals surface area contributed by atoms with Crippen LogP contribution in [0.1, 0.15) is 44.7 Å². The molecule has 100 valence electrons. The van der Waals surface area contributed by atoms with E-state index in [2.05, 4.69) is 39.0 Å². The Morgan fingerprint density at radius 1 is 1.17 bits per heavy atom. The molecule has 0 bridgehead atoms. The van der Waals surface area contributed by atoms with Gasteiger partial charge in [0.15, 0.2) is 0 Å². The zero-order chi connectivity index (χ0) is 13.2. The molecule has 0 saturated carbocycles. The fourth-order valence-corrected chi connectivity index (χ4v) is 2.24. The van der Waals surface area contributed by atoms with Crippen LogP contribution in [0.2, 0.25) is 0 Å². The Morgan fingerprint density at radius 2 is 1.83 bits per heavy atom. The van der Waals surface area contributed by atoms with Crippen molar-refractivity contribution in [3.8, 4) is 5.75 Å². The van der Waals surface area contributed by atoms with E-state index in [0.29, 0.717) is 6.61 Å². The fraction of sp³-hybridized carbons (Fsp3) is 0.625. The lowest BCUT2D eigenvalue weighted by molar-refractivity contribution is 0.205. The van der Waals surface area contributed by atoms with Gasteiger partial charge in [-0.25, -0.2) is 0 Å². The van der Waals surface area contributed by atoms with Crippen LogP contribution in [0.3, 0.4) is 0 Å². The van der Waals surface area contributed by atoms with Crippen molar-refractivity contribution in [3.63, 3.8) is 0 Å². The van der Waals surface area contributed by atoms with Crippen molar-refractivity contribution in [1.29, 1.82) is 0 Å². The van der Waals surface area contributed by atoms with E-state index in [0.717, 1.165) is 5.75 Å². The monoisotopic (exact) mass is 247 g/mol. The molecular weight excluding hydrogens is 222 g/mol. The molecule has 2 N–H and O–H groups in total. The number of fused-ring (bicyclic) bond motifs is 1.